The molecule has 0 aliphatic rings. The minimum Gasteiger partial charge on any atom is -0.345 e. The molecule has 0 bridgehead atoms. The van der Waals surface area contributed by atoms with E-state index in [-0.39, 0.29) is 5.43 Å². The zero-order valence-corrected chi connectivity index (χ0v) is 14.8. The Morgan fingerprint density at radius 3 is 2.52 bits per heavy atom. The Bertz CT molecular complexity index is 1410. The number of rotatable bonds is 2. The number of nitrogens with one attached hydrogen (secondary N) is 1. The van der Waals surface area contributed by atoms with Crippen LogP contribution >= 0.6 is 0 Å². The smallest absolute Gasteiger partial charge is 0.197 e. The van der Waals surface area contributed by atoms with Crippen molar-refractivity contribution in [1.82, 2.24) is 14.5 Å². The van der Waals surface area contributed by atoms with Gasteiger partial charge < -0.3 is 9.55 Å². The molecule has 0 radical (unpaired) electrons. The molecule has 0 atom stereocenters. The summed E-state index contributed by atoms with van der Waals surface area (Å²) in [5, 5.41) is 1.50. The summed E-state index contributed by atoms with van der Waals surface area (Å²) in [6.45, 7) is 0. The number of aromatic amines is 1. The van der Waals surface area contributed by atoms with E-state index in [9.17, 15) is 4.79 Å². The fourth-order valence-corrected chi connectivity index (χ4v) is 3.60. The van der Waals surface area contributed by atoms with Crippen molar-refractivity contribution >= 4 is 45.0 Å². The first-order valence-electron chi connectivity index (χ1n) is 8.83. The fourth-order valence-electron chi connectivity index (χ4n) is 3.60. The van der Waals surface area contributed by atoms with E-state index in [2.05, 4.69) is 38.8 Å². The number of nitrogens with zero attached hydrogens (tertiary/aromatic N) is 2. The molecular formula is C23H17N3O. The molecule has 2 heterocycles. The van der Waals surface area contributed by atoms with Crippen LogP contribution in [0.5, 0.6) is 0 Å². The van der Waals surface area contributed by atoms with E-state index in [4.69, 9.17) is 0 Å². The zero-order chi connectivity index (χ0) is 18.4. The van der Waals surface area contributed by atoms with Gasteiger partial charge in [0.05, 0.1) is 28.4 Å². The van der Waals surface area contributed by atoms with E-state index in [1.165, 1.54) is 0 Å². The number of aryl methyl sites for hydroxylation is 1. The Kier molecular flexibility index (Phi) is 3.44. The first kappa shape index (κ1) is 15.6. The van der Waals surface area contributed by atoms with Gasteiger partial charge in [-0.3, -0.25) is 4.79 Å². The number of benzene rings is 3. The van der Waals surface area contributed by atoms with Crippen LogP contribution in [0.15, 0.2) is 71.8 Å². The van der Waals surface area contributed by atoms with Gasteiger partial charge in [0, 0.05) is 17.8 Å². The lowest BCUT2D eigenvalue weighted by atomic mass is 10.1. The summed E-state index contributed by atoms with van der Waals surface area (Å²) >= 11 is 0. The van der Waals surface area contributed by atoms with Crippen LogP contribution in [0.3, 0.4) is 0 Å². The Labute approximate surface area is 155 Å². The number of imidazole rings is 1. The molecule has 5 rings (SSSR count). The molecule has 4 nitrogen and oxygen atoms in total. The van der Waals surface area contributed by atoms with Crippen LogP contribution in [0.25, 0.3) is 45.0 Å². The average molecular weight is 351 g/mol. The van der Waals surface area contributed by atoms with Crippen molar-refractivity contribution in [2.45, 2.75) is 0 Å². The van der Waals surface area contributed by atoms with Crippen LogP contribution in [0, 0.1) is 0 Å². The second kappa shape index (κ2) is 5.95. The number of pyridine rings is 1. The molecule has 0 aliphatic heterocycles. The molecule has 0 aliphatic carbocycles. The van der Waals surface area contributed by atoms with Gasteiger partial charge >= 0.3 is 0 Å². The van der Waals surface area contributed by atoms with Gasteiger partial charge in [0.25, 0.3) is 0 Å². The molecule has 0 unspecified atom stereocenters. The SMILES string of the molecule is Cn1c2ccccc2c(=O)c2ccc(/C=C/c3ccc4nc[nH]c4c3)cc21. The predicted molar refractivity (Wildman–Crippen MR) is 112 cm³/mol. The summed E-state index contributed by atoms with van der Waals surface area (Å²) in [4.78, 5) is 20.2. The number of hydrogen-bond donors (Lipinski definition) is 1. The molecule has 0 fully saturated rings. The number of aromatic nitrogens is 3. The summed E-state index contributed by atoms with van der Waals surface area (Å²) in [5.41, 5.74) is 6.09. The van der Waals surface area contributed by atoms with Crippen LogP contribution in [0.1, 0.15) is 11.1 Å². The minimum absolute atomic E-state index is 0.0823. The van der Waals surface area contributed by atoms with Gasteiger partial charge in [-0.15, -0.1) is 0 Å². The molecule has 130 valence electrons. The molecule has 27 heavy (non-hydrogen) atoms. The number of para-hydroxylation sites is 1. The third kappa shape index (κ3) is 2.54. The normalized spacial score (nSPS) is 11.9. The van der Waals surface area contributed by atoms with E-state index in [0.717, 1.165) is 44.0 Å². The fraction of sp³-hybridized carbons (Fsp3) is 0.0435. The Morgan fingerprint density at radius 1 is 0.889 bits per heavy atom. The number of hydrogen-bond acceptors (Lipinski definition) is 2. The highest BCUT2D eigenvalue weighted by Gasteiger charge is 2.08. The van der Waals surface area contributed by atoms with Crippen molar-refractivity contribution in [1.29, 1.82) is 0 Å². The molecule has 0 saturated heterocycles. The van der Waals surface area contributed by atoms with Crippen molar-refractivity contribution < 1.29 is 0 Å². The zero-order valence-electron chi connectivity index (χ0n) is 14.8. The van der Waals surface area contributed by atoms with E-state index in [0.29, 0.717) is 0 Å². The summed E-state index contributed by atoms with van der Waals surface area (Å²) < 4.78 is 2.08. The highest BCUT2D eigenvalue weighted by molar-refractivity contribution is 5.94. The van der Waals surface area contributed by atoms with Gasteiger partial charge in [0.2, 0.25) is 0 Å². The van der Waals surface area contributed by atoms with Gasteiger partial charge in [-0.25, -0.2) is 4.98 Å². The van der Waals surface area contributed by atoms with Crippen molar-refractivity contribution in [2.24, 2.45) is 7.05 Å². The quantitative estimate of drug-likeness (QED) is 0.369. The van der Waals surface area contributed by atoms with Crippen LogP contribution in [0.4, 0.5) is 0 Å². The van der Waals surface area contributed by atoms with Crippen LogP contribution < -0.4 is 5.43 Å². The van der Waals surface area contributed by atoms with Gasteiger partial charge in [0.1, 0.15) is 0 Å². The molecule has 0 saturated carbocycles. The molecular weight excluding hydrogens is 334 g/mol. The Morgan fingerprint density at radius 2 is 1.63 bits per heavy atom. The van der Waals surface area contributed by atoms with Gasteiger partial charge in [-0.05, 0) is 47.5 Å². The van der Waals surface area contributed by atoms with Crippen molar-refractivity contribution in [2.75, 3.05) is 0 Å². The Balaban J connectivity index is 1.62. The highest BCUT2D eigenvalue weighted by atomic mass is 16.1. The monoisotopic (exact) mass is 351 g/mol. The molecule has 0 amide bonds. The lowest BCUT2D eigenvalue weighted by Crippen LogP contribution is -2.08. The molecule has 4 heteroatoms. The predicted octanol–water partition coefficient (Wildman–Crippen LogP) is 4.74. The minimum atomic E-state index is 0.0823. The van der Waals surface area contributed by atoms with Gasteiger partial charge in [0.15, 0.2) is 5.43 Å². The lowest BCUT2D eigenvalue weighted by Gasteiger charge is -2.10. The third-order valence-electron chi connectivity index (χ3n) is 5.05. The largest absolute Gasteiger partial charge is 0.345 e. The van der Waals surface area contributed by atoms with Crippen LogP contribution in [-0.2, 0) is 7.05 Å². The molecule has 0 spiro atoms. The maximum atomic E-state index is 12.8. The summed E-state index contributed by atoms with van der Waals surface area (Å²) in [6.07, 6.45) is 5.84. The maximum absolute atomic E-state index is 12.8. The topological polar surface area (TPSA) is 50.7 Å². The molecule has 5 aromatic rings. The first-order valence-corrected chi connectivity index (χ1v) is 8.83. The molecule has 2 aromatic heterocycles. The number of H-pyrrole nitrogens is 1. The second-order valence-electron chi connectivity index (χ2n) is 6.69. The van der Waals surface area contributed by atoms with Gasteiger partial charge in [-0.1, -0.05) is 36.4 Å². The summed E-state index contributed by atoms with van der Waals surface area (Å²) in [5.74, 6) is 0. The second-order valence-corrected chi connectivity index (χ2v) is 6.69. The van der Waals surface area contributed by atoms with Crippen molar-refractivity contribution in [3.8, 4) is 0 Å². The van der Waals surface area contributed by atoms with E-state index >= 15 is 0 Å². The first-order chi connectivity index (χ1) is 13.2. The summed E-state index contributed by atoms with van der Waals surface area (Å²) in [7, 11) is 2.00. The standard InChI is InChI=1S/C23H17N3O/c1-26-21-5-3-2-4-17(21)23(27)18-10-8-16(13-22(18)26)7-6-15-9-11-19-20(12-15)25-14-24-19/h2-14H,1H3,(H,24,25)/b7-6+. The number of fused-ring (bicyclic) bond motifs is 3. The van der Waals surface area contributed by atoms with Crippen LogP contribution in [-0.4, -0.2) is 14.5 Å². The molecule has 1 N–H and O–H groups in total. The van der Waals surface area contributed by atoms with Crippen LogP contribution in [0.2, 0.25) is 0 Å². The van der Waals surface area contributed by atoms with E-state index < -0.39 is 0 Å². The van der Waals surface area contributed by atoms with Gasteiger partial charge in [-0.2, -0.15) is 0 Å². The van der Waals surface area contributed by atoms with Crippen molar-refractivity contribution in [3.05, 3.63) is 88.3 Å². The van der Waals surface area contributed by atoms with Crippen molar-refractivity contribution in [3.63, 3.8) is 0 Å². The highest BCUT2D eigenvalue weighted by Crippen LogP contribution is 2.21. The van der Waals surface area contributed by atoms with E-state index in [1.54, 1.807) is 6.33 Å². The maximum Gasteiger partial charge on any atom is 0.197 e. The molecule has 3 aromatic carbocycles. The lowest BCUT2D eigenvalue weighted by molar-refractivity contribution is 1.00. The average Bonchev–Trinajstić information content (AvgIpc) is 3.18. The third-order valence-corrected chi connectivity index (χ3v) is 5.05. The van der Waals surface area contributed by atoms with E-state index in [1.807, 2.05) is 55.6 Å². The summed E-state index contributed by atoms with van der Waals surface area (Å²) in [6, 6.07) is 19.8. The Hall–Kier alpha value is -3.66.